The Labute approximate surface area is 100 Å². The summed E-state index contributed by atoms with van der Waals surface area (Å²) in [7, 11) is 0. The summed E-state index contributed by atoms with van der Waals surface area (Å²) < 4.78 is 0. The van der Waals surface area contributed by atoms with E-state index in [2.05, 4.69) is 17.6 Å². The van der Waals surface area contributed by atoms with Gasteiger partial charge in [0.2, 0.25) is 5.91 Å². The molecule has 0 radical (unpaired) electrons. The molecule has 84 valence electrons. The minimum atomic E-state index is -0.0672. The molecule has 0 saturated heterocycles. The van der Waals surface area contributed by atoms with E-state index in [1.165, 1.54) is 0 Å². The summed E-state index contributed by atoms with van der Waals surface area (Å²) >= 11 is 3.95. The van der Waals surface area contributed by atoms with Crippen molar-refractivity contribution >= 4 is 18.5 Å². The molecule has 1 amide bonds. The molecule has 5 heteroatoms. The Kier molecular flexibility index (Phi) is 5.37. The third kappa shape index (κ3) is 3.91. The molecule has 0 atom stereocenters. The molecule has 0 bridgehead atoms. The van der Waals surface area contributed by atoms with Crippen LogP contribution >= 0.6 is 12.6 Å². The molecule has 0 unspecified atom stereocenters. The van der Waals surface area contributed by atoms with Gasteiger partial charge in [-0.05, 0) is 11.6 Å². The van der Waals surface area contributed by atoms with Gasteiger partial charge in [-0.25, -0.2) is 0 Å². The Morgan fingerprint density at radius 1 is 1.62 bits per heavy atom. The molecule has 0 aliphatic rings. The minimum absolute atomic E-state index is 0.0672. The Morgan fingerprint density at radius 2 is 2.44 bits per heavy atom. The van der Waals surface area contributed by atoms with Crippen molar-refractivity contribution < 1.29 is 4.79 Å². The van der Waals surface area contributed by atoms with Gasteiger partial charge in [-0.2, -0.15) is 17.9 Å². The molecule has 0 aliphatic heterocycles. The number of hydrogen-bond acceptors (Lipinski definition) is 4. The van der Waals surface area contributed by atoms with Crippen molar-refractivity contribution in [2.45, 2.75) is 13.0 Å². The van der Waals surface area contributed by atoms with Crippen LogP contribution in [0.3, 0.4) is 0 Å². The van der Waals surface area contributed by atoms with E-state index in [4.69, 9.17) is 5.26 Å². The number of rotatable bonds is 5. The molecule has 0 spiro atoms. The van der Waals surface area contributed by atoms with E-state index < -0.39 is 0 Å². The van der Waals surface area contributed by atoms with Crippen molar-refractivity contribution in [3.63, 3.8) is 0 Å². The first kappa shape index (κ1) is 12.5. The second-order valence-corrected chi connectivity index (χ2v) is 3.56. The van der Waals surface area contributed by atoms with Crippen molar-refractivity contribution in [2.75, 3.05) is 12.3 Å². The first-order valence-electron chi connectivity index (χ1n) is 4.92. The van der Waals surface area contributed by atoms with Crippen LogP contribution in [0, 0.1) is 11.3 Å². The molecule has 0 fully saturated rings. The predicted molar refractivity (Wildman–Crippen MR) is 63.7 cm³/mol. The minimum Gasteiger partial charge on any atom is -0.337 e. The summed E-state index contributed by atoms with van der Waals surface area (Å²) in [6.45, 7) is 0.916. The fourth-order valence-corrected chi connectivity index (χ4v) is 1.49. The molecule has 1 rings (SSSR count). The summed E-state index contributed by atoms with van der Waals surface area (Å²) in [6, 6.07) is 5.75. The molecule has 0 saturated carbocycles. The van der Waals surface area contributed by atoms with Crippen LogP contribution < -0.4 is 0 Å². The van der Waals surface area contributed by atoms with E-state index in [0.717, 1.165) is 5.56 Å². The van der Waals surface area contributed by atoms with E-state index in [1.54, 1.807) is 17.3 Å². The Morgan fingerprint density at radius 3 is 3.00 bits per heavy atom. The van der Waals surface area contributed by atoms with Gasteiger partial charge < -0.3 is 4.90 Å². The zero-order chi connectivity index (χ0) is 11.8. The number of nitrogens with zero attached hydrogens (tertiary/aromatic N) is 3. The lowest BCUT2D eigenvalue weighted by atomic mass is 10.2. The highest BCUT2D eigenvalue weighted by atomic mass is 32.1. The van der Waals surface area contributed by atoms with Gasteiger partial charge in [-0.15, -0.1) is 0 Å². The van der Waals surface area contributed by atoms with Crippen molar-refractivity contribution in [3.8, 4) is 6.07 Å². The summed E-state index contributed by atoms with van der Waals surface area (Å²) in [5, 5.41) is 8.52. The molecule has 0 aromatic carbocycles. The third-order valence-corrected chi connectivity index (χ3v) is 2.35. The smallest absolute Gasteiger partial charge is 0.232 e. The molecular weight excluding hydrogens is 222 g/mol. The van der Waals surface area contributed by atoms with Gasteiger partial charge in [0, 0.05) is 25.5 Å². The maximum absolute atomic E-state index is 11.5. The highest BCUT2D eigenvalue weighted by Crippen LogP contribution is 2.04. The number of aromatic nitrogens is 1. The Bertz CT molecular complexity index is 375. The number of carbonyl (C=O) groups excluding carboxylic acids is 1. The number of thiol groups is 1. The predicted octanol–water partition coefficient (Wildman–Crippen LogP) is 1.25. The monoisotopic (exact) mass is 235 g/mol. The van der Waals surface area contributed by atoms with Crippen molar-refractivity contribution in [3.05, 3.63) is 30.1 Å². The molecule has 0 aliphatic carbocycles. The van der Waals surface area contributed by atoms with E-state index in [0.29, 0.717) is 19.5 Å². The van der Waals surface area contributed by atoms with Crippen LogP contribution in [-0.2, 0) is 11.3 Å². The van der Waals surface area contributed by atoms with Crippen LogP contribution in [0.15, 0.2) is 24.5 Å². The fourth-order valence-electron chi connectivity index (χ4n) is 1.29. The van der Waals surface area contributed by atoms with Crippen LogP contribution in [-0.4, -0.2) is 28.1 Å². The second kappa shape index (κ2) is 6.85. The molecule has 0 N–H and O–H groups in total. The molecule has 1 heterocycles. The maximum Gasteiger partial charge on any atom is 0.232 e. The van der Waals surface area contributed by atoms with E-state index in [-0.39, 0.29) is 11.7 Å². The van der Waals surface area contributed by atoms with Gasteiger partial charge in [0.25, 0.3) is 0 Å². The van der Waals surface area contributed by atoms with Crippen LogP contribution in [0.2, 0.25) is 0 Å². The first-order valence-corrected chi connectivity index (χ1v) is 5.55. The number of carbonyl (C=O) groups is 1. The lowest BCUT2D eigenvalue weighted by Crippen LogP contribution is -2.32. The average Bonchev–Trinajstić information content (AvgIpc) is 2.34. The topological polar surface area (TPSA) is 57.0 Å². The number of pyridine rings is 1. The molecule has 4 nitrogen and oxygen atoms in total. The Balaban J connectivity index is 2.64. The first-order chi connectivity index (χ1) is 7.77. The summed E-state index contributed by atoms with van der Waals surface area (Å²) in [6.07, 6.45) is 3.73. The standard InChI is InChI=1S/C11H13N3OS/c12-4-2-6-14(11(15)9-16)8-10-3-1-5-13-7-10/h1,3,5,7,16H,2,6,8-9H2. The van der Waals surface area contributed by atoms with Gasteiger partial charge in [0.1, 0.15) is 0 Å². The van der Waals surface area contributed by atoms with Gasteiger partial charge in [-0.1, -0.05) is 6.07 Å². The molecule has 16 heavy (non-hydrogen) atoms. The molecular formula is C11H13N3OS. The number of nitriles is 1. The lowest BCUT2D eigenvalue weighted by molar-refractivity contribution is -0.128. The largest absolute Gasteiger partial charge is 0.337 e. The fraction of sp³-hybridized carbons (Fsp3) is 0.364. The highest BCUT2D eigenvalue weighted by molar-refractivity contribution is 7.81. The van der Waals surface area contributed by atoms with Crippen molar-refractivity contribution in [2.24, 2.45) is 0 Å². The van der Waals surface area contributed by atoms with Crippen LogP contribution in [0.5, 0.6) is 0 Å². The average molecular weight is 235 g/mol. The Hall–Kier alpha value is -1.54. The van der Waals surface area contributed by atoms with Crippen molar-refractivity contribution in [1.82, 2.24) is 9.88 Å². The quantitative estimate of drug-likeness (QED) is 0.781. The SMILES string of the molecule is N#CCCN(Cc1cccnc1)C(=O)CS. The molecule has 1 aromatic rings. The van der Waals surface area contributed by atoms with Crippen molar-refractivity contribution in [1.29, 1.82) is 5.26 Å². The number of amides is 1. The lowest BCUT2D eigenvalue weighted by Gasteiger charge is -2.20. The maximum atomic E-state index is 11.5. The third-order valence-electron chi connectivity index (χ3n) is 2.08. The zero-order valence-corrected chi connectivity index (χ0v) is 9.73. The summed E-state index contributed by atoms with van der Waals surface area (Å²) in [5.41, 5.74) is 0.954. The highest BCUT2D eigenvalue weighted by Gasteiger charge is 2.11. The summed E-state index contributed by atoms with van der Waals surface area (Å²) in [5.74, 6) is 0.0912. The zero-order valence-electron chi connectivity index (χ0n) is 8.83. The van der Waals surface area contributed by atoms with E-state index >= 15 is 0 Å². The number of hydrogen-bond donors (Lipinski definition) is 1. The summed E-state index contributed by atoms with van der Waals surface area (Å²) in [4.78, 5) is 17.1. The second-order valence-electron chi connectivity index (χ2n) is 3.24. The van der Waals surface area contributed by atoms with Gasteiger partial charge in [0.05, 0.1) is 18.2 Å². The van der Waals surface area contributed by atoms with Crippen LogP contribution in [0.1, 0.15) is 12.0 Å². The van der Waals surface area contributed by atoms with Crippen LogP contribution in [0.4, 0.5) is 0 Å². The normalized spacial score (nSPS) is 9.50. The van der Waals surface area contributed by atoms with Crippen LogP contribution in [0.25, 0.3) is 0 Å². The van der Waals surface area contributed by atoms with E-state index in [1.807, 2.05) is 18.2 Å². The van der Waals surface area contributed by atoms with Gasteiger partial charge >= 0.3 is 0 Å². The molecule has 1 aromatic heterocycles. The van der Waals surface area contributed by atoms with Gasteiger partial charge in [-0.3, -0.25) is 9.78 Å². The van der Waals surface area contributed by atoms with E-state index in [9.17, 15) is 4.79 Å². The van der Waals surface area contributed by atoms with Gasteiger partial charge in [0.15, 0.2) is 0 Å².